The fourth-order valence-corrected chi connectivity index (χ4v) is 3.57. The van der Waals surface area contributed by atoms with E-state index >= 15 is 0 Å². The van der Waals surface area contributed by atoms with E-state index in [9.17, 15) is 0 Å². The Morgan fingerprint density at radius 2 is 2.06 bits per heavy atom. The zero-order valence-corrected chi connectivity index (χ0v) is 12.2. The highest BCUT2D eigenvalue weighted by atomic mass is 16.5. The molecule has 2 fully saturated rings. The molecule has 106 valence electrons. The van der Waals surface area contributed by atoms with Gasteiger partial charge in [-0.25, -0.2) is 0 Å². The first-order chi connectivity index (χ1) is 8.85. The van der Waals surface area contributed by atoms with Crippen LogP contribution in [0.3, 0.4) is 0 Å². The molecular formula is C15H30N2O. The summed E-state index contributed by atoms with van der Waals surface area (Å²) in [7, 11) is 0. The Kier molecular flexibility index (Phi) is 5.93. The second-order valence-electron chi connectivity index (χ2n) is 5.79. The minimum absolute atomic E-state index is 0.488. The number of likely N-dealkylation sites (tertiary alicyclic amines) is 1. The summed E-state index contributed by atoms with van der Waals surface area (Å²) in [6, 6.07) is 1.48. The number of rotatable bonds is 6. The van der Waals surface area contributed by atoms with Gasteiger partial charge in [-0.2, -0.15) is 0 Å². The number of nitrogens with one attached hydrogen (secondary N) is 1. The summed E-state index contributed by atoms with van der Waals surface area (Å²) in [6.45, 7) is 8.88. The van der Waals surface area contributed by atoms with Gasteiger partial charge in [-0.3, -0.25) is 4.90 Å². The molecular weight excluding hydrogens is 224 g/mol. The Balaban J connectivity index is 1.83. The minimum atomic E-state index is 0.488. The molecule has 0 aromatic carbocycles. The number of hydrogen-bond acceptors (Lipinski definition) is 3. The van der Waals surface area contributed by atoms with Gasteiger partial charge in [0.1, 0.15) is 0 Å². The third-order valence-corrected chi connectivity index (χ3v) is 4.38. The molecule has 0 bridgehead atoms. The average Bonchev–Trinajstić information content (AvgIpc) is 2.85. The molecule has 3 atom stereocenters. The molecule has 1 aliphatic heterocycles. The molecule has 1 saturated heterocycles. The molecule has 3 heteroatoms. The first kappa shape index (κ1) is 14.3. The van der Waals surface area contributed by atoms with Crippen molar-refractivity contribution in [3.63, 3.8) is 0 Å². The summed E-state index contributed by atoms with van der Waals surface area (Å²) >= 11 is 0. The van der Waals surface area contributed by atoms with E-state index in [1.165, 1.54) is 38.6 Å². The van der Waals surface area contributed by atoms with Crippen LogP contribution in [0.1, 0.15) is 52.4 Å². The van der Waals surface area contributed by atoms with Crippen molar-refractivity contribution >= 4 is 0 Å². The van der Waals surface area contributed by atoms with Crippen LogP contribution in [-0.2, 0) is 4.74 Å². The smallest absolute Gasteiger partial charge is 0.0702 e. The van der Waals surface area contributed by atoms with Gasteiger partial charge in [0, 0.05) is 25.2 Å². The zero-order chi connectivity index (χ0) is 12.8. The van der Waals surface area contributed by atoms with Crippen molar-refractivity contribution in [3.05, 3.63) is 0 Å². The minimum Gasteiger partial charge on any atom is -0.377 e. The van der Waals surface area contributed by atoms with E-state index in [4.69, 9.17) is 4.74 Å². The summed E-state index contributed by atoms with van der Waals surface area (Å²) < 4.78 is 5.96. The van der Waals surface area contributed by atoms with Gasteiger partial charge >= 0.3 is 0 Å². The predicted octanol–water partition coefficient (Wildman–Crippen LogP) is 2.41. The Labute approximate surface area is 112 Å². The van der Waals surface area contributed by atoms with Crippen molar-refractivity contribution in [3.8, 4) is 0 Å². The predicted molar refractivity (Wildman–Crippen MR) is 75.9 cm³/mol. The van der Waals surface area contributed by atoms with Gasteiger partial charge in [0.15, 0.2) is 0 Å². The molecule has 0 aromatic heterocycles. The SMILES string of the molecule is CCCOC1CCCN(C2CCCC2NCC)C1. The fourth-order valence-electron chi connectivity index (χ4n) is 3.57. The molecule has 0 aromatic rings. The van der Waals surface area contributed by atoms with Crippen LogP contribution in [-0.4, -0.2) is 49.3 Å². The van der Waals surface area contributed by atoms with Gasteiger partial charge in [0.2, 0.25) is 0 Å². The maximum atomic E-state index is 5.96. The molecule has 1 heterocycles. The maximum Gasteiger partial charge on any atom is 0.0702 e. The summed E-state index contributed by atoms with van der Waals surface area (Å²) in [5, 5.41) is 3.67. The molecule has 1 N–H and O–H groups in total. The van der Waals surface area contributed by atoms with Crippen molar-refractivity contribution in [2.75, 3.05) is 26.2 Å². The summed E-state index contributed by atoms with van der Waals surface area (Å²) in [5.41, 5.74) is 0. The molecule has 18 heavy (non-hydrogen) atoms. The van der Waals surface area contributed by atoms with E-state index < -0.39 is 0 Å². The van der Waals surface area contributed by atoms with Crippen LogP contribution < -0.4 is 5.32 Å². The van der Waals surface area contributed by atoms with Crippen LogP contribution >= 0.6 is 0 Å². The van der Waals surface area contributed by atoms with Crippen LogP contribution in [0, 0.1) is 0 Å². The molecule has 0 amide bonds. The molecule has 2 rings (SSSR count). The maximum absolute atomic E-state index is 5.96. The standard InChI is InChI=1S/C15H30N2O/c1-3-11-18-13-7-6-10-17(12-13)15-9-5-8-14(15)16-4-2/h13-16H,3-12H2,1-2H3. The van der Waals surface area contributed by atoms with Crippen molar-refractivity contribution in [2.45, 2.75) is 70.6 Å². The summed E-state index contributed by atoms with van der Waals surface area (Å²) in [4.78, 5) is 2.70. The molecule has 0 spiro atoms. The van der Waals surface area contributed by atoms with E-state index in [1.807, 2.05) is 0 Å². The Morgan fingerprint density at radius 3 is 2.83 bits per heavy atom. The molecule has 1 saturated carbocycles. The number of ether oxygens (including phenoxy) is 1. The zero-order valence-electron chi connectivity index (χ0n) is 12.2. The largest absolute Gasteiger partial charge is 0.377 e. The molecule has 1 aliphatic carbocycles. The highest BCUT2D eigenvalue weighted by Gasteiger charge is 2.34. The van der Waals surface area contributed by atoms with E-state index in [0.29, 0.717) is 6.10 Å². The Hall–Kier alpha value is -0.120. The van der Waals surface area contributed by atoms with Crippen LogP contribution in [0.2, 0.25) is 0 Å². The van der Waals surface area contributed by atoms with Crippen LogP contribution in [0.15, 0.2) is 0 Å². The lowest BCUT2D eigenvalue weighted by Gasteiger charge is -2.39. The Morgan fingerprint density at radius 1 is 1.17 bits per heavy atom. The van der Waals surface area contributed by atoms with Gasteiger partial charge in [-0.15, -0.1) is 0 Å². The van der Waals surface area contributed by atoms with E-state index in [1.54, 1.807) is 0 Å². The lowest BCUT2D eigenvalue weighted by atomic mass is 10.0. The first-order valence-electron chi connectivity index (χ1n) is 7.94. The first-order valence-corrected chi connectivity index (χ1v) is 7.94. The Bertz CT molecular complexity index is 235. The summed E-state index contributed by atoms with van der Waals surface area (Å²) in [5.74, 6) is 0. The van der Waals surface area contributed by atoms with Gasteiger partial charge in [-0.1, -0.05) is 20.3 Å². The molecule has 0 radical (unpaired) electrons. The van der Waals surface area contributed by atoms with Crippen molar-refractivity contribution in [1.29, 1.82) is 0 Å². The van der Waals surface area contributed by atoms with Crippen LogP contribution in [0.25, 0.3) is 0 Å². The van der Waals surface area contributed by atoms with Gasteiger partial charge in [0.05, 0.1) is 6.10 Å². The van der Waals surface area contributed by atoms with Crippen molar-refractivity contribution in [2.24, 2.45) is 0 Å². The van der Waals surface area contributed by atoms with Crippen molar-refractivity contribution in [1.82, 2.24) is 10.2 Å². The fraction of sp³-hybridized carbons (Fsp3) is 1.00. The monoisotopic (exact) mass is 254 g/mol. The second kappa shape index (κ2) is 7.46. The van der Waals surface area contributed by atoms with E-state index in [0.717, 1.165) is 38.2 Å². The second-order valence-corrected chi connectivity index (χ2v) is 5.79. The molecule has 3 unspecified atom stereocenters. The number of nitrogens with zero attached hydrogens (tertiary/aromatic N) is 1. The highest BCUT2D eigenvalue weighted by Crippen LogP contribution is 2.27. The van der Waals surface area contributed by atoms with Crippen LogP contribution in [0.4, 0.5) is 0 Å². The van der Waals surface area contributed by atoms with Gasteiger partial charge < -0.3 is 10.1 Å². The van der Waals surface area contributed by atoms with Gasteiger partial charge in [0.25, 0.3) is 0 Å². The van der Waals surface area contributed by atoms with E-state index in [-0.39, 0.29) is 0 Å². The molecule has 2 aliphatic rings. The highest BCUT2D eigenvalue weighted by molar-refractivity contribution is 4.92. The van der Waals surface area contributed by atoms with Gasteiger partial charge in [-0.05, 0) is 45.2 Å². The number of hydrogen-bond donors (Lipinski definition) is 1. The van der Waals surface area contributed by atoms with E-state index in [2.05, 4.69) is 24.1 Å². The van der Waals surface area contributed by atoms with Crippen molar-refractivity contribution < 1.29 is 4.74 Å². The van der Waals surface area contributed by atoms with Crippen LogP contribution in [0.5, 0.6) is 0 Å². The third kappa shape index (κ3) is 3.69. The lowest BCUT2D eigenvalue weighted by Crippen LogP contribution is -2.51. The summed E-state index contributed by atoms with van der Waals surface area (Å²) in [6.07, 6.45) is 8.31. The average molecular weight is 254 g/mol. The quantitative estimate of drug-likeness (QED) is 0.788. The third-order valence-electron chi connectivity index (χ3n) is 4.38. The normalized spacial score (nSPS) is 34.0. The lowest BCUT2D eigenvalue weighted by molar-refractivity contribution is -0.0148. The number of likely N-dealkylation sites (N-methyl/N-ethyl adjacent to an activating group) is 1. The molecule has 3 nitrogen and oxygen atoms in total. The number of piperidine rings is 1. The topological polar surface area (TPSA) is 24.5 Å².